The van der Waals surface area contributed by atoms with Crippen LogP contribution in [-0.2, 0) is 11.0 Å². The van der Waals surface area contributed by atoms with Gasteiger partial charge in [-0.1, -0.05) is 30.3 Å². The highest BCUT2D eigenvalue weighted by Gasteiger charge is 2.22. The van der Waals surface area contributed by atoms with Crippen LogP contribution in [0, 0.1) is 0 Å². The quantitative estimate of drug-likeness (QED) is 0.930. The van der Waals surface area contributed by atoms with Gasteiger partial charge in [0.1, 0.15) is 5.01 Å². The lowest BCUT2D eigenvalue weighted by molar-refractivity contribution is 0.618. The molecule has 3 nitrogen and oxygen atoms in total. The fourth-order valence-corrected chi connectivity index (χ4v) is 3.40. The van der Waals surface area contributed by atoms with Gasteiger partial charge in [-0.3, -0.25) is 0 Å². The van der Waals surface area contributed by atoms with Crippen molar-refractivity contribution in [2.45, 2.75) is 38.5 Å². The van der Waals surface area contributed by atoms with Crippen molar-refractivity contribution in [3.63, 3.8) is 0 Å². The molecule has 0 radical (unpaired) electrons. The summed E-state index contributed by atoms with van der Waals surface area (Å²) in [6.07, 6.45) is 1.87. The Morgan fingerprint density at radius 3 is 2.50 bits per heavy atom. The molecule has 2 rings (SSSR count). The molecule has 1 heterocycles. The first-order valence-corrected chi connectivity index (χ1v) is 8.54. The maximum atomic E-state index is 12.1. The maximum absolute atomic E-state index is 12.1. The molecule has 0 aliphatic heterocycles. The zero-order valence-electron chi connectivity index (χ0n) is 12.2. The van der Waals surface area contributed by atoms with Gasteiger partial charge in [0.25, 0.3) is 0 Å². The minimum atomic E-state index is -1.07. The van der Waals surface area contributed by atoms with E-state index in [2.05, 4.69) is 9.71 Å². The summed E-state index contributed by atoms with van der Waals surface area (Å²) < 4.78 is 15.0. The monoisotopic (exact) mass is 308 g/mol. The topological polar surface area (TPSA) is 42.0 Å². The molecule has 0 fully saturated rings. The smallest absolute Gasteiger partial charge is 0.123 e. The molecule has 1 aromatic heterocycles. The Labute approximate surface area is 127 Å². The van der Waals surface area contributed by atoms with Gasteiger partial charge in [-0.25, -0.2) is 13.9 Å². The van der Waals surface area contributed by atoms with Crippen LogP contribution in [0.5, 0.6) is 0 Å². The number of hydrogen-bond donors (Lipinski definition) is 1. The molecule has 0 aliphatic carbocycles. The number of nitrogens with one attached hydrogen (secondary N) is 1. The predicted octanol–water partition coefficient (Wildman–Crippen LogP) is 3.92. The summed E-state index contributed by atoms with van der Waals surface area (Å²) in [5.74, 6) is 0. The summed E-state index contributed by atoms with van der Waals surface area (Å²) in [6, 6.07) is 10.1. The van der Waals surface area contributed by atoms with Gasteiger partial charge in [-0.05, 0) is 27.7 Å². The molecule has 0 unspecified atom stereocenters. The van der Waals surface area contributed by atoms with E-state index in [1.807, 2.05) is 64.2 Å². The summed E-state index contributed by atoms with van der Waals surface area (Å²) in [4.78, 5) is 5.56. The molecule has 2 aromatic rings. The van der Waals surface area contributed by atoms with Crippen molar-refractivity contribution < 1.29 is 4.21 Å². The van der Waals surface area contributed by atoms with Gasteiger partial charge in [-0.2, -0.15) is 0 Å². The van der Waals surface area contributed by atoms with Gasteiger partial charge in [0, 0.05) is 16.6 Å². The van der Waals surface area contributed by atoms with Crippen molar-refractivity contribution in [2.24, 2.45) is 0 Å². The number of nitrogens with zero attached hydrogens (tertiary/aromatic N) is 1. The van der Waals surface area contributed by atoms with E-state index in [9.17, 15) is 4.21 Å². The third kappa shape index (κ3) is 3.75. The number of aromatic nitrogens is 1. The molecule has 2 atom stereocenters. The van der Waals surface area contributed by atoms with E-state index in [1.54, 1.807) is 11.3 Å². The van der Waals surface area contributed by atoms with Gasteiger partial charge in [0.2, 0.25) is 0 Å². The molecule has 0 saturated carbocycles. The molecule has 0 aliphatic rings. The first-order valence-electron chi connectivity index (χ1n) is 6.57. The van der Waals surface area contributed by atoms with Crippen LogP contribution in [-0.4, -0.2) is 13.9 Å². The molecule has 0 amide bonds. The van der Waals surface area contributed by atoms with Crippen LogP contribution in [0.4, 0.5) is 0 Å². The molecule has 0 saturated heterocycles. The molecule has 20 heavy (non-hydrogen) atoms. The highest BCUT2D eigenvalue weighted by Crippen LogP contribution is 2.29. The number of thiazole rings is 1. The third-order valence-corrected chi connectivity index (χ3v) is 5.72. The Morgan fingerprint density at radius 2 is 1.90 bits per heavy atom. The van der Waals surface area contributed by atoms with E-state index in [4.69, 9.17) is 0 Å². The van der Waals surface area contributed by atoms with E-state index in [1.165, 1.54) is 0 Å². The second kappa shape index (κ2) is 6.16. The Bertz CT molecular complexity index is 587. The summed E-state index contributed by atoms with van der Waals surface area (Å²) in [6.45, 7) is 7.91. The van der Waals surface area contributed by atoms with E-state index in [0.717, 1.165) is 15.4 Å². The lowest BCUT2D eigenvalue weighted by atomic mass is 10.2. The van der Waals surface area contributed by atoms with Gasteiger partial charge < -0.3 is 0 Å². The van der Waals surface area contributed by atoms with E-state index < -0.39 is 11.0 Å². The SMILES string of the molecule is C[C@@H](N[S@@](=O)C(C)(C)C)c1cnc(-c2ccccc2)s1. The molecule has 0 bridgehead atoms. The second-order valence-corrected chi connectivity index (χ2v) is 8.71. The van der Waals surface area contributed by atoms with Crippen LogP contribution in [0.15, 0.2) is 36.5 Å². The highest BCUT2D eigenvalue weighted by molar-refractivity contribution is 7.84. The molecular weight excluding hydrogens is 288 g/mol. The number of benzene rings is 1. The lowest BCUT2D eigenvalue weighted by Gasteiger charge is -2.21. The maximum Gasteiger partial charge on any atom is 0.123 e. The summed E-state index contributed by atoms with van der Waals surface area (Å²) in [5.41, 5.74) is 1.12. The van der Waals surface area contributed by atoms with Crippen molar-refractivity contribution >= 4 is 22.3 Å². The lowest BCUT2D eigenvalue weighted by Crippen LogP contribution is -2.34. The summed E-state index contributed by atoms with van der Waals surface area (Å²) in [5, 5.41) is 0.996. The van der Waals surface area contributed by atoms with Crippen molar-refractivity contribution in [3.05, 3.63) is 41.4 Å². The number of hydrogen-bond acceptors (Lipinski definition) is 3. The Balaban J connectivity index is 2.11. The van der Waals surface area contributed by atoms with Crippen molar-refractivity contribution in [1.82, 2.24) is 9.71 Å². The molecule has 0 spiro atoms. The predicted molar refractivity (Wildman–Crippen MR) is 87.0 cm³/mol. The zero-order valence-corrected chi connectivity index (χ0v) is 13.8. The molecule has 1 N–H and O–H groups in total. The van der Waals surface area contributed by atoms with Crippen LogP contribution < -0.4 is 4.72 Å². The Kier molecular flexibility index (Phi) is 4.73. The summed E-state index contributed by atoms with van der Waals surface area (Å²) in [7, 11) is -1.07. The van der Waals surface area contributed by atoms with Gasteiger partial charge in [-0.15, -0.1) is 11.3 Å². The molecule has 1 aromatic carbocycles. The fraction of sp³-hybridized carbons (Fsp3) is 0.400. The minimum absolute atomic E-state index is 0.0324. The number of rotatable bonds is 4. The fourth-order valence-electron chi connectivity index (χ4n) is 1.60. The van der Waals surface area contributed by atoms with Crippen LogP contribution in [0.3, 0.4) is 0 Å². The average Bonchev–Trinajstić information content (AvgIpc) is 2.88. The van der Waals surface area contributed by atoms with Crippen LogP contribution >= 0.6 is 11.3 Å². The molecule has 108 valence electrons. The van der Waals surface area contributed by atoms with Gasteiger partial charge in [0.15, 0.2) is 0 Å². The largest absolute Gasteiger partial charge is 0.244 e. The van der Waals surface area contributed by atoms with Crippen molar-refractivity contribution in [1.29, 1.82) is 0 Å². The molecular formula is C15H20N2OS2. The van der Waals surface area contributed by atoms with Gasteiger partial charge >= 0.3 is 0 Å². The third-order valence-electron chi connectivity index (χ3n) is 2.81. The Morgan fingerprint density at radius 1 is 1.25 bits per heavy atom. The van der Waals surface area contributed by atoms with E-state index in [-0.39, 0.29) is 10.8 Å². The van der Waals surface area contributed by atoms with Crippen LogP contribution in [0.25, 0.3) is 10.6 Å². The highest BCUT2D eigenvalue weighted by atomic mass is 32.2. The first kappa shape index (κ1) is 15.4. The van der Waals surface area contributed by atoms with E-state index in [0.29, 0.717) is 0 Å². The van der Waals surface area contributed by atoms with E-state index >= 15 is 0 Å². The minimum Gasteiger partial charge on any atom is -0.244 e. The Hall–Kier alpha value is -1.04. The van der Waals surface area contributed by atoms with Gasteiger partial charge in [0.05, 0.1) is 21.8 Å². The normalized spacial score (nSPS) is 15.0. The molecule has 5 heteroatoms. The van der Waals surface area contributed by atoms with Crippen LogP contribution in [0.1, 0.15) is 38.6 Å². The zero-order chi connectivity index (χ0) is 14.8. The standard InChI is InChI=1S/C15H20N2OS2/c1-11(17-20(18)15(2,3)4)13-10-16-14(19-13)12-8-6-5-7-9-12/h5-11,17H,1-4H3/t11-,20+/m1/s1. The van der Waals surface area contributed by atoms with Crippen molar-refractivity contribution in [2.75, 3.05) is 0 Å². The second-order valence-electron chi connectivity index (χ2n) is 5.65. The summed E-state index contributed by atoms with van der Waals surface area (Å²) >= 11 is 1.64. The average molecular weight is 308 g/mol. The van der Waals surface area contributed by atoms with Crippen molar-refractivity contribution in [3.8, 4) is 10.6 Å². The first-order chi connectivity index (χ1) is 9.38. The van der Waals surface area contributed by atoms with Crippen LogP contribution in [0.2, 0.25) is 0 Å².